The fourth-order valence-corrected chi connectivity index (χ4v) is 4.30. The number of benzene rings is 1. The van der Waals surface area contributed by atoms with Gasteiger partial charge in [-0.05, 0) is 49.5 Å². The standard InChI is InChI=1S/C18H21ClN4O2S/c19-14-4-2-1-3-13(14)18(7-9-25-10-8-18)16(24)20-11-15-21-22-17(26)23(15)12-5-6-12/h1-4,12H,5-11H2,(H,20,24)(H,22,26). The van der Waals surface area contributed by atoms with Gasteiger partial charge in [0.2, 0.25) is 5.91 Å². The summed E-state index contributed by atoms with van der Waals surface area (Å²) in [4.78, 5) is 13.3. The molecule has 2 aliphatic rings. The average Bonchev–Trinajstić information content (AvgIpc) is 3.43. The number of nitrogens with zero attached hydrogens (tertiary/aromatic N) is 2. The van der Waals surface area contributed by atoms with Crippen molar-refractivity contribution >= 4 is 29.7 Å². The summed E-state index contributed by atoms with van der Waals surface area (Å²) in [7, 11) is 0. The molecule has 2 fully saturated rings. The predicted octanol–water partition coefficient (Wildman–Crippen LogP) is 3.29. The van der Waals surface area contributed by atoms with E-state index in [0.29, 0.717) is 48.4 Å². The van der Waals surface area contributed by atoms with E-state index in [2.05, 4.69) is 15.5 Å². The van der Waals surface area contributed by atoms with Gasteiger partial charge in [-0.2, -0.15) is 5.10 Å². The van der Waals surface area contributed by atoms with Gasteiger partial charge in [0, 0.05) is 24.3 Å². The summed E-state index contributed by atoms with van der Waals surface area (Å²) in [5, 5.41) is 10.8. The molecule has 2 heterocycles. The third kappa shape index (κ3) is 3.19. The van der Waals surface area contributed by atoms with Gasteiger partial charge < -0.3 is 10.1 Å². The Morgan fingerprint density at radius 1 is 1.38 bits per heavy atom. The molecule has 1 aliphatic carbocycles. The molecule has 1 amide bonds. The fourth-order valence-electron chi connectivity index (χ4n) is 3.69. The summed E-state index contributed by atoms with van der Waals surface area (Å²) in [6.07, 6.45) is 3.43. The van der Waals surface area contributed by atoms with Crippen LogP contribution in [0.5, 0.6) is 0 Å². The van der Waals surface area contributed by atoms with Crippen LogP contribution in [0.1, 0.15) is 43.1 Å². The Labute approximate surface area is 161 Å². The van der Waals surface area contributed by atoms with Gasteiger partial charge in [-0.3, -0.25) is 14.5 Å². The Balaban J connectivity index is 1.58. The van der Waals surface area contributed by atoms with Crippen LogP contribution in [0.2, 0.25) is 5.02 Å². The summed E-state index contributed by atoms with van der Waals surface area (Å²) in [6.45, 7) is 1.42. The second kappa shape index (κ2) is 7.13. The zero-order chi connectivity index (χ0) is 18.1. The maximum absolute atomic E-state index is 13.3. The molecule has 0 spiro atoms. The number of carbonyl (C=O) groups excluding carboxylic acids is 1. The molecule has 0 radical (unpaired) electrons. The summed E-state index contributed by atoms with van der Waals surface area (Å²) in [5.41, 5.74) is 0.192. The highest BCUT2D eigenvalue weighted by Gasteiger charge is 2.43. The smallest absolute Gasteiger partial charge is 0.231 e. The van der Waals surface area contributed by atoms with Gasteiger partial charge in [-0.25, -0.2) is 0 Å². The van der Waals surface area contributed by atoms with E-state index in [9.17, 15) is 4.79 Å². The van der Waals surface area contributed by atoms with E-state index in [-0.39, 0.29) is 5.91 Å². The van der Waals surface area contributed by atoms with Crippen molar-refractivity contribution in [1.82, 2.24) is 20.1 Å². The Hall–Kier alpha value is -1.70. The van der Waals surface area contributed by atoms with Crippen molar-refractivity contribution in [3.63, 3.8) is 0 Å². The lowest BCUT2D eigenvalue weighted by Gasteiger charge is -2.36. The lowest BCUT2D eigenvalue weighted by atomic mass is 9.73. The molecular formula is C18H21ClN4O2S. The molecule has 1 saturated heterocycles. The number of amides is 1. The number of halogens is 1. The van der Waals surface area contributed by atoms with Crippen molar-refractivity contribution in [2.24, 2.45) is 0 Å². The molecule has 1 aliphatic heterocycles. The van der Waals surface area contributed by atoms with E-state index < -0.39 is 5.41 Å². The van der Waals surface area contributed by atoms with Crippen LogP contribution in [0.3, 0.4) is 0 Å². The molecule has 6 nitrogen and oxygen atoms in total. The highest BCUT2D eigenvalue weighted by atomic mass is 35.5. The number of H-pyrrole nitrogens is 1. The van der Waals surface area contributed by atoms with Crippen molar-refractivity contribution in [3.8, 4) is 0 Å². The number of ether oxygens (including phenoxy) is 1. The van der Waals surface area contributed by atoms with Crippen LogP contribution in [-0.4, -0.2) is 33.9 Å². The molecular weight excluding hydrogens is 372 g/mol. The minimum absolute atomic E-state index is 0.0369. The Morgan fingerprint density at radius 2 is 2.12 bits per heavy atom. The van der Waals surface area contributed by atoms with Crippen LogP contribution in [-0.2, 0) is 21.5 Å². The van der Waals surface area contributed by atoms with Crippen LogP contribution in [0.4, 0.5) is 0 Å². The van der Waals surface area contributed by atoms with Crippen LogP contribution < -0.4 is 5.32 Å². The Kier molecular flexibility index (Phi) is 4.86. The van der Waals surface area contributed by atoms with E-state index in [1.807, 2.05) is 28.8 Å². The average molecular weight is 393 g/mol. The van der Waals surface area contributed by atoms with Gasteiger partial charge >= 0.3 is 0 Å². The molecule has 138 valence electrons. The number of hydrogen-bond donors (Lipinski definition) is 2. The zero-order valence-electron chi connectivity index (χ0n) is 14.3. The molecule has 1 aromatic carbocycles. The molecule has 0 unspecified atom stereocenters. The van der Waals surface area contributed by atoms with Gasteiger partial charge in [0.05, 0.1) is 12.0 Å². The minimum atomic E-state index is -0.673. The third-order valence-corrected chi connectivity index (χ3v) is 5.88. The van der Waals surface area contributed by atoms with Crippen LogP contribution in [0.15, 0.2) is 24.3 Å². The molecule has 4 rings (SSSR count). The van der Waals surface area contributed by atoms with Gasteiger partial charge in [-0.1, -0.05) is 29.8 Å². The van der Waals surface area contributed by atoms with E-state index in [1.54, 1.807) is 0 Å². The quantitative estimate of drug-likeness (QED) is 0.766. The molecule has 1 aromatic heterocycles. The molecule has 8 heteroatoms. The maximum atomic E-state index is 13.3. The highest BCUT2D eigenvalue weighted by molar-refractivity contribution is 7.71. The molecule has 26 heavy (non-hydrogen) atoms. The predicted molar refractivity (Wildman–Crippen MR) is 101 cm³/mol. The second-order valence-corrected chi connectivity index (χ2v) is 7.70. The molecule has 2 N–H and O–H groups in total. The third-order valence-electron chi connectivity index (χ3n) is 5.27. The number of carbonyl (C=O) groups is 1. The highest BCUT2D eigenvalue weighted by Crippen LogP contribution is 2.39. The lowest BCUT2D eigenvalue weighted by molar-refractivity contribution is -0.130. The molecule has 2 aromatic rings. The van der Waals surface area contributed by atoms with Crippen LogP contribution in [0.25, 0.3) is 0 Å². The van der Waals surface area contributed by atoms with Crippen molar-refractivity contribution < 1.29 is 9.53 Å². The van der Waals surface area contributed by atoms with Crippen molar-refractivity contribution in [2.45, 2.75) is 43.7 Å². The first-order valence-electron chi connectivity index (χ1n) is 8.89. The van der Waals surface area contributed by atoms with E-state index in [0.717, 1.165) is 24.2 Å². The number of aromatic amines is 1. The summed E-state index contributed by atoms with van der Waals surface area (Å²) >= 11 is 11.7. The summed E-state index contributed by atoms with van der Waals surface area (Å²) in [5.74, 6) is 0.734. The zero-order valence-corrected chi connectivity index (χ0v) is 15.9. The first-order chi connectivity index (χ1) is 12.6. The largest absolute Gasteiger partial charge is 0.381 e. The summed E-state index contributed by atoms with van der Waals surface area (Å²) in [6, 6.07) is 7.98. The minimum Gasteiger partial charge on any atom is -0.381 e. The number of rotatable bonds is 5. The van der Waals surface area contributed by atoms with Gasteiger partial charge in [0.25, 0.3) is 0 Å². The first-order valence-corrected chi connectivity index (χ1v) is 9.67. The van der Waals surface area contributed by atoms with Gasteiger partial charge in [-0.15, -0.1) is 0 Å². The number of hydrogen-bond acceptors (Lipinski definition) is 4. The SMILES string of the molecule is O=C(NCc1n[nH]c(=S)n1C1CC1)C1(c2ccccc2Cl)CCOCC1. The van der Waals surface area contributed by atoms with Crippen LogP contribution >= 0.6 is 23.8 Å². The van der Waals surface area contributed by atoms with Crippen molar-refractivity contribution in [3.05, 3.63) is 45.4 Å². The Bertz CT molecular complexity index is 868. The van der Waals surface area contributed by atoms with Gasteiger partial charge in [0.1, 0.15) is 0 Å². The molecule has 0 atom stereocenters. The Morgan fingerprint density at radius 3 is 2.81 bits per heavy atom. The topological polar surface area (TPSA) is 71.9 Å². The second-order valence-electron chi connectivity index (χ2n) is 6.90. The number of aromatic nitrogens is 3. The van der Waals surface area contributed by atoms with Crippen molar-refractivity contribution in [1.29, 1.82) is 0 Å². The maximum Gasteiger partial charge on any atom is 0.231 e. The van der Waals surface area contributed by atoms with E-state index >= 15 is 0 Å². The molecule has 1 saturated carbocycles. The first kappa shape index (κ1) is 17.7. The number of nitrogens with one attached hydrogen (secondary N) is 2. The fraction of sp³-hybridized carbons (Fsp3) is 0.500. The lowest BCUT2D eigenvalue weighted by Crippen LogP contribution is -2.48. The monoisotopic (exact) mass is 392 g/mol. The van der Waals surface area contributed by atoms with Crippen molar-refractivity contribution in [2.75, 3.05) is 13.2 Å². The summed E-state index contributed by atoms with van der Waals surface area (Å²) < 4.78 is 8.13. The molecule has 0 bridgehead atoms. The van der Waals surface area contributed by atoms with Gasteiger partial charge in [0.15, 0.2) is 10.6 Å². The van der Waals surface area contributed by atoms with E-state index in [1.165, 1.54) is 0 Å². The normalized spacial score (nSPS) is 19.3. The van der Waals surface area contributed by atoms with E-state index in [4.69, 9.17) is 28.6 Å². The van der Waals surface area contributed by atoms with Crippen LogP contribution in [0, 0.1) is 4.77 Å².